The molecule has 1 unspecified atom stereocenters. The number of carbonyl (C=O) groups is 2. The van der Waals surface area contributed by atoms with Gasteiger partial charge in [-0.2, -0.15) is 13.2 Å². The number of hydrogen-bond donors (Lipinski definition) is 2. The Kier molecular flexibility index (Phi) is 6.05. The highest BCUT2D eigenvalue weighted by Crippen LogP contribution is 2.14. The lowest BCUT2D eigenvalue weighted by molar-refractivity contribution is -0.140. The summed E-state index contributed by atoms with van der Waals surface area (Å²) in [7, 11) is 0. The number of rotatable bonds is 5. The molecule has 2 N–H and O–H groups in total. The average Bonchev–Trinajstić information content (AvgIpc) is 2.40. The number of alkyl halides is 3. The van der Waals surface area contributed by atoms with Gasteiger partial charge in [-0.1, -0.05) is 19.9 Å². The Labute approximate surface area is 129 Å². The second kappa shape index (κ2) is 7.38. The zero-order valence-corrected chi connectivity index (χ0v) is 12.3. The third kappa shape index (κ3) is 5.50. The van der Waals surface area contributed by atoms with Gasteiger partial charge in [-0.25, -0.2) is 8.78 Å². The number of amides is 2. The molecule has 9 heteroatoms. The van der Waals surface area contributed by atoms with Crippen LogP contribution in [0.3, 0.4) is 0 Å². The van der Waals surface area contributed by atoms with E-state index in [2.05, 4.69) is 5.32 Å². The first-order chi connectivity index (χ1) is 10.5. The van der Waals surface area contributed by atoms with Crippen LogP contribution >= 0.6 is 0 Å². The van der Waals surface area contributed by atoms with Crippen molar-refractivity contribution < 1.29 is 31.5 Å². The summed E-state index contributed by atoms with van der Waals surface area (Å²) in [6.07, 6.45) is -4.61. The molecule has 2 amide bonds. The van der Waals surface area contributed by atoms with Gasteiger partial charge in [0.05, 0.1) is 0 Å². The van der Waals surface area contributed by atoms with Crippen molar-refractivity contribution in [2.75, 3.05) is 6.54 Å². The van der Waals surface area contributed by atoms with Crippen LogP contribution < -0.4 is 10.6 Å². The minimum atomic E-state index is -4.61. The monoisotopic (exact) mass is 338 g/mol. The largest absolute Gasteiger partial charge is 0.405 e. The van der Waals surface area contributed by atoms with E-state index < -0.39 is 53.7 Å². The molecule has 0 saturated carbocycles. The molecule has 0 aliphatic heterocycles. The van der Waals surface area contributed by atoms with Crippen LogP contribution in [0.4, 0.5) is 22.0 Å². The van der Waals surface area contributed by atoms with E-state index in [0.29, 0.717) is 0 Å². The summed E-state index contributed by atoms with van der Waals surface area (Å²) in [5.41, 5.74) is -0.901. The Balaban J connectivity index is 2.88. The van der Waals surface area contributed by atoms with E-state index in [-0.39, 0.29) is 0 Å². The van der Waals surface area contributed by atoms with Gasteiger partial charge in [0.1, 0.15) is 29.8 Å². The highest BCUT2D eigenvalue weighted by molar-refractivity contribution is 5.98. The Hall–Kier alpha value is -2.19. The summed E-state index contributed by atoms with van der Waals surface area (Å²) in [6, 6.07) is 1.39. The van der Waals surface area contributed by atoms with Crippen LogP contribution in [0.1, 0.15) is 24.2 Å². The van der Waals surface area contributed by atoms with Crippen molar-refractivity contribution in [1.29, 1.82) is 0 Å². The smallest absolute Gasteiger partial charge is 0.345 e. The minimum absolute atomic E-state index is 0.595. The summed E-state index contributed by atoms with van der Waals surface area (Å²) in [5.74, 6) is -5.19. The molecule has 0 aromatic heterocycles. The van der Waals surface area contributed by atoms with E-state index in [4.69, 9.17) is 0 Å². The Morgan fingerprint density at radius 2 is 1.65 bits per heavy atom. The number of benzene rings is 1. The SMILES string of the molecule is CC(C)C(NC(=O)c1c(F)cccc1F)C(=O)NCC(F)(F)F. The molecule has 4 nitrogen and oxygen atoms in total. The van der Waals surface area contributed by atoms with Crippen molar-refractivity contribution in [2.24, 2.45) is 5.92 Å². The maximum Gasteiger partial charge on any atom is 0.405 e. The zero-order valence-electron chi connectivity index (χ0n) is 12.3. The molecule has 128 valence electrons. The molecule has 23 heavy (non-hydrogen) atoms. The highest BCUT2D eigenvalue weighted by Gasteiger charge is 2.32. The fourth-order valence-corrected chi connectivity index (χ4v) is 1.76. The van der Waals surface area contributed by atoms with Crippen molar-refractivity contribution >= 4 is 11.8 Å². The van der Waals surface area contributed by atoms with Gasteiger partial charge in [0.2, 0.25) is 5.91 Å². The predicted molar refractivity (Wildman–Crippen MR) is 71.5 cm³/mol. The van der Waals surface area contributed by atoms with Crippen LogP contribution in [-0.4, -0.2) is 30.6 Å². The van der Waals surface area contributed by atoms with Gasteiger partial charge in [0.15, 0.2) is 0 Å². The zero-order chi connectivity index (χ0) is 17.8. The van der Waals surface area contributed by atoms with E-state index >= 15 is 0 Å². The minimum Gasteiger partial charge on any atom is -0.345 e. The topological polar surface area (TPSA) is 58.2 Å². The molecular formula is C14H15F5N2O2. The molecule has 0 aliphatic rings. The third-order valence-corrected chi connectivity index (χ3v) is 2.89. The van der Waals surface area contributed by atoms with E-state index in [0.717, 1.165) is 18.2 Å². The first-order valence-electron chi connectivity index (χ1n) is 6.62. The van der Waals surface area contributed by atoms with Crippen molar-refractivity contribution in [2.45, 2.75) is 26.1 Å². The Bertz CT molecular complexity index is 567. The Morgan fingerprint density at radius 3 is 2.09 bits per heavy atom. The molecule has 0 aliphatic carbocycles. The van der Waals surface area contributed by atoms with E-state index in [1.54, 1.807) is 5.32 Å². The molecular weight excluding hydrogens is 323 g/mol. The quantitative estimate of drug-likeness (QED) is 0.810. The van der Waals surface area contributed by atoms with E-state index in [1.807, 2.05) is 0 Å². The standard InChI is InChI=1S/C14H15F5N2O2/c1-7(2)11(13(23)20-6-14(17,18)19)21-12(22)10-8(15)4-3-5-9(10)16/h3-5,7,11H,6H2,1-2H3,(H,20,23)(H,21,22). The van der Waals surface area contributed by atoms with Crippen LogP contribution in [-0.2, 0) is 4.79 Å². The molecule has 1 atom stereocenters. The van der Waals surface area contributed by atoms with Gasteiger partial charge in [-0.05, 0) is 18.1 Å². The second-order valence-corrected chi connectivity index (χ2v) is 5.12. The molecule has 0 heterocycles. The molecule has 0 fully saturated rings. The summed E-state index contributed by atoms with van der Waals surface area (Å²) < 4.78 is 63.4. The molecule has 1 aromatic carbocycles. The van der Waals surface area contributed by atoms with Gasteiger partial charge in [0.25, 0.3) is 5.91 Å². The van der Waals surface area contributed by atoms with Gasteiger partial charge >= 0.3 is 6.18 Å². The number of halogens is 5. The van der Waals surface area contributed by atoms with Crippen LogP contribution in [0.5, 0.6) is 0 Å². The lowest BCUT2D eigenvalue weighted by atomic mass is 10.0. The highest BCUT2D eigenvalue weighted by atomic mass is 19.4. The molecule has 1 aromatic rings. The fourth-order valence-electron chi connectivity index (χ4n) is 1.76. The number of hydrogen-bond acceptors (Lipinski definition) is 2. The average molecular weight is 338 g/mol. The lowest BCUT2D eigenvalue weighted by Crippen LogP contribution is -2.51. The summed E-state index contributed by atoms with van der Waals surface area (Å²) in [6.45, 7) is 1.37. The van der Waals surface area contributed by atoms with E-state index in [1.165, 1.54) is 13.8 Å². The lowest BCUT2D eigenvalue weighted by Gasteiger charge is -2.22. The predicted octanol–water partition coefficient (Wildman–Crippen LogP) is 2.40. The summed E-state index contributed by atoms with van der Waals surface area (Å²) >= 11 is 0. The summed E-state index contributed by atoms with van der Waals surface area (Å²) in [4.78, 5) is 23.7. The van der Waals surface area contributed by atoms with Crippen LogP contribution in [0.15, 0.2) is 18.2 Å². The second-order valence-electron chi connectivity index (χ2n) is 5.12. The van der Waals surface area contributed by atoms with Gasteiger partial charge in [-0.3, -0.25) is 9.59 Å². The van der Waals surface area contributed by atoms with Gasteiger partial charge in [-0.15, -0.1) is 0 Å². The normalized spacial score (nSPS) is 12.9. The molecule has 0 spiro atoms. The van der Waals surface area contributed by atoms with Crippen molar-refractivity contribution in [1.82, 2.24) is 10.6 Å². The van der Waals surface area contributed by atoms with Crippen LogP contribution in [0.25, 0.3) is 0 Å². The molecule has 1 rings (SSSR count). The molecule has 0 bridgehead atoms. The maximum atomic E-state index is 13.5. The Morgan fingerprint density at radius 1 is 1.13 bits per heavy atom. The number of nitrogens with one attached hydrogen (secondary N) is 2. The maximum absolute atomic E-state index is 13.5. The number of carbonyl (C=O) groups excluding carboxylic acids is 2. The van der Waals surface area contributed by atoms with Gasteiger partial charge < -0.3 is 10.6 Å². The first-order valence-corrected chi connectivity index (χ1v) is 6.62. The van der Waals surface area contributed by atoms with Crippen LogP contribution in [0, 0.1) is 17.6 Å². The van der Waals surface area contributed by atoms with E-state index in [9.17, 15) is 31.5 Å². The third-order valence-electron chi connectivity index (χ3n) is 2.89. The van der Waals surface area contributed by atoms with Gasteiger partial charge in [0, 0.05) is 0 Å². The van der Waals surface area contributed by atoms with Crippen LogP contribution in [0.2, 0.25) is 0 Å². The van der Waals surface area contributed by atoms with Crippen molar-refractivity contribution in [3.05, 3.63) is 35.4 Å². The van der Waals surface area contributed by atoms with Crippen molar-refractivity contribution in [3.8, 4) is 0 Å². The molecule has 0 radical (unpaired) electrons. The fraction of sp³-hybridized carbons (Fsp3) is 0.429. The molecule has 0 saturated heterocycles. The van der Waals surface area contributed by atoms with Crippen molar-refractivity contribution in [3.63, 3.8) is 0 Å². The first kappa shape index (κ1) is 18.9. The summed E-state index contributed by atoms with van der Waals surface area (Å²) in [5, 5.41) is 3.68.